The molecule has 0 spiro atoms. The topological polar surface area (TPSA) is 68.5 Å². The van der Waals surface area contributed by atoms with E-state index in [-0.39, 0.29) is 18.0 Å². The van der Waals surface area contributed by atoms with Gasteiger partial charge in [0.2, 0.25) is 5.91 Å². The third kappa shape index (κ3) is 3.30. The number of nitrogens with two attached hydrogens (primary N) is 1. The first-order chi connectivity index (χ1) is 9.24. The molecule has 19 heavy (non-hydrogen) atoms. The summed E-state index contributed by atoms with van der Waals surface area (Å²) < 4.78 is 5.05. The van der Waals surface area contributed by atoms with Crippen LogP contribution in [0.25, 0.3) is 0 Å². The average molecular weight is 263 g/mol. The van der Waals surface area contributed by atoms with Crippen LogP contribution in [0.15, 0.2) is 24.5 Å². The van der Waals surface area contributed by atoms with Crippen molar-refractivity contribution in [2.24, 2.45) is 5.73 Å². The van der Waals surface area contributed by atoms with E-state index in [1.807, 2.05) is 17.0 Å². The Labute approximate surface area is 113 Å². The van der Waals surface area contributed by atoms with Crippen molar-refractivity contribution >= 4 is 5.91 Å². The van der Waals surface area contributed by atoms with Crippen molar-refractivity contribution in [2.45, 2.75) is 31.3 Å². The maximum atomic E-state index is 12.1. The van der Waals surface area contributed by atoms with E-state index >= 15 is 0 Å². The van der Waals surface area contributed by atoms with Gasteiger partial charge in [0.25, 0.3) is 0 Å². The summed E-state index contributed by atoms with van der Waals surface area (Å²) in [6, 6.07) is 3.78. The second-order valence-electron chi connectivity index (χ2n) is 4.87. The van der Waals surface area contributed by atoms with Crippen molar-refractivity contribution in [3.8, 4) is 0 Å². The van der Waals surface area contributed by atoms with E-state index < -0.39 is 0 Å². The van der Waals surface area contributed by atoms with Crippen LogP contribution in [-0.2, 0) is 9.53 Å². The van der Waals surface area contributed by atoms with E-state index in [1.165, 1.54) is 0 Å². The number of methoxy groups -OCH3 is 1. The van der Waals surface area contributed by atoms with E-state index in [0.717, 1.165) is 18.4 Å². The zero-order chi connectivity index (χ0) is 13.7. The minimum atomic E-state index is -0.0631. The fraction of sp³-hybridized carbons (Fsp3) is 0.571. The first kappa shape index (κ1) is 14.0. The molecule has 2 N–H and O–H groups in total. The van der Waals surface area contributed by atoms with Crippen LogP contribution in [0.5, 0.6) is 0 Å². The molecule has 1 amide bonds. The van der Waals surface area contributed by atoms with Gasteiger partial charge in [-0.1, -0.05) is 6.07 Å². The molecule has 0 aromatic carbocycles. The van der Waals surface area contributed by atoms with Crippen molar-refractivity contribution in [3.05, 3.63) is 30.1 Å². The van der Waals surface area contributed by atoms with Crippen LogP contribution in [0.1, 0.15) is 30.9 Å². The third-order valence-corrected chi connectivity index (χ3v) is 3.53. The molecular weight excluding hydrogens is 242 g/mol. The van der Waals surface area contributed by atoms with Gasteiger partial charge in [0.05, 0.1) is 6.04 Å². The molecule has 2 heterocycles. The Kier molecular flexibility index (Phi) is 4.87. The Hall–Kier alpha value is -1.46. The molecule has 5 heteroatoms. The average Bonchev–Trinajstić information content (AvgIpc) is 2.44. The fourth-order valence-corrected chi connectivity index (χ4v) is 2.60. The van der Waals surface area contributed by atoms with Gasteiger partial charge in [0, 0.05) is 45.1 Å². The number of piperidine rings is 1. The standard InChI is InChI=1S/C14H21N3O2/c1-19-9-3-8-17-13(18)6-5-12(15)14(17)11-4-2-7-16-10-11/h2,4,7,10,12,14H,3,5-6,8-9,15H2,1H3. The van der Waals surface area contributed by atoms with E-state index in [0.29, 0.717) is 19.6 Å². The van der Waals surface area contributed by atoms with Crippen molar-refractivity contribution in [2.75, 3.05) is 20.3 Å². The van der Waals surface area contributed by atoms with Gasteiger partial charge in [0.1, 0.15) is 0 Å². The molecule has 0 radical (unpaired) electrons. The maximum Gasteiger partial charge on any atom is 0.223 e. The van der Waals surface area contributed by atoms with Gasteiger partial charge in [-0.25, -0.2) is 0 Å². The smallest absolute Gasteiger partial charge is 0.223 e. The zero-order valence-electron chi connectivity index (χ0n) is 11.3. The molecule has 1 aromatic heterocycles. The number of rotatable bonds is 5. The highest BCUT2D eigenvalue weighted by molar-refractivity contribution is 5.77. The number of nitrogens with zero attached hydrogens (tertiary/aromatic N) is 2. The van der Waals surface area contributed by atoms with E-state index in [4.69, 9.17) is 10.5 Å². The predicted molar refractivity (Wildman–Crippen MR) is 72.4 cm³/mol. The summed E-state index contributed by atoms with van der Waals surface area (Å²) in [7, 11) is 1.67. The lowest BCUT2D eigenvalue weighted by Gasteiger charge is -2.39. The van der Waals surface area contributed by atoms with Crippen LogP contribution in [0.4, 0.5) is 0 Å². The summed E-state index contributed by atoms with van der Waals surface area (Å²) >= 11 is 0. The predicted octanol–water partition coefficient (Wildman–Crippen LogP) is 1.11. The van der Waals surface area contributed by atoms with Crippen molar-refractivity contribution in [1.29, 1.82) is 0 Å². The lowest BCUT2D eigenvalue weighted by molar-refractivity contribution is -0.137. The summed E-state index contributed by atoms with van der Waals surface area (Å²) in [5, 5.41) is 0. The molecule has 2 rings (SSSR count). The Morgan fingerprint density at radius 3 is 3.11 bits per heavy atom. The minimum absolute atomic E-state index is 0.0237. The number of pyridine rings is 1. The van der Waals surface area contributed by atoms with Gasteiger partial charge in [-0.2, -0.15) is 0 Å². The van der Waals surface area contributed by atoms with Crippen LogP contribution in [0, 0.1) is 0 Å². The third-order valence-electron chi connectivity index (χ3n) is 3.53. The van der Waals surface area contributed by atoms with Gasteiger partial charge < -0.3 is 15.4 Å². The largest absolute Gasteiger partial charge is 0.385 e. The van der Waals surface area contributed by atoms with Gasteiger partial charge in [-0.05, 0) is 24.5 Å². The Morgan fingerprint density at radius 1 is 1.58 bits per heavy atom. The quantitative estimate of drug-likeness (QED) is 0.808. The Balaban J connectivity index is 2.16. The fourth-order valence-electron chi connectivity index (χ4n) is 2.60. The zero-order valence-corrected chi connectivity index (χ0v) is 11.3. The molecule has 1 aromatic rings. The number of amides is 1. The number of hydrogen-bond donors (Lipinski definition) is 1. The highest BCUT2D eigenvalue weighted by Crippen LogP contribution is 2.30. The molecule has 0 saturated carbocycles. The highest BCUT2D eigenvalue weighted by Gasteiger charge is 2.34. The van der Waals surface area contributed by atoms with Crippen LogP contribution < -0.4 is 5.73 Å². The monoisotopic (exact) mass is 263 g/mol. The van der Waals surface area contributed by atoms with Gasteiger partial charge in [0.15, 0.2) is 0 Å². The van der Waals surface area contributed by atoms with Gasteiger partial charge >= 0.3 is 0 Å². The number of ether oxygens (including phenoxy) is 1. The number of likely N-dealkylation sites (tertiary alicyclic amines) is 1. The number of aromatic nitrogens is 1. The van der Waals surface area contributed by atoms with Crippen LogP contribution in [-0.4, -0.2) is 42.1 Å². The Morgan fingerprint density at radius 2 is 2.42 bits per heavy atom. The van der Waals surface area contributed by atoms with E-state index in [1.54, 1.807) is 19.5 Å². The second kappa shape index (κ2) is 6.63. The minimum Gasteiger partial charge on any atom is -0.385 e. The van der Waals surface area contributed by atoms with E-state index in [2.05, 4.69) is 4.98 Å². The number of hydrogen-bond acceptors (Lipinski definition) is 4. The number of carbonyl (C=O) groups is 1. The first-order valence-corrected chi connectivity index (χ1v) is 6.68. The van der Waals surface area contributed by atoms with Crippen LogP contribution in [0.3, 0.4) is 0 Å². The summed E-state index contributed by atoms with van der Waals surface area (Å²) in [5.74, 6) is 0.173. The molecule has 2 unspecified atom stereocenters. The summed E-state index contributed by atoms with van der Waals surface area (Å²) in [6.45, 7) is 1.33. The molecule has 1 fully saturated rings. The molecule has 1 saturated heterocycles. The normalized spacial score (nSPS) is 23.7. The molecule has 0 aliphatic carbocycles. The molecular formula is C14H21N3O2. The highest BCUT2D eigenvalue weighted by atomic mass is 16.5. The SMILES string of the molecule is COCCCN1C(=O)CCC(N)C1c1cccnc1. The maximum absolute atomic E-state index is 12.1. The number of carbonyl (C=O) groups excluding carboxylic acids is 1. The molecule has 1 aliphatic rings. The second-order valence-corrected chi connectivity index (χ2v) is 4.87. The molecule has 0 bridgehead atoms. The summed E-state index contributed by atoms with van der Waals surface area (Å²) in [4.78, 5) is 18.1. The molecule has 104 valence electrons. The van der Waals surface area contributed by atoms with Crippen LogP contribution >= 0.6 is 0 Å². The summed E-state index contributed by atoms with van der Waals surface area (Å²) in [5.41, 5.74) is 7.23. The van der Waals surface area contributed by atoms with Crippen LogP contribution in [0.2, 0.25) is 0 Å². The van der Waals surface area contributed by atoms with E-state index in [9.17, 15) is 4.79 Å². The lowest BCUT2D eigenvalue weighted by Crippen LogP contribution is -2.49. The lowest BCUT2D eigenvalue weighted by atomic mass is 9.91. The summed E-state index contributed by atoms with van der Waals surface area (Å²) in [6.07, 6.45) is 5.62. The van der Waals surface area contributed by atoms with Crippen molar-refractivity contribution in [1.82, 2.24) is 9.88 Å². The van der Waals surface area contributed by atoms with Crippen molar-refractivity contribution in [3.63, 3.8) is 0 Å². The van der Waals surface area contributed by atoms with Gasteiger partial charge in [-0.3, -0.25) is 9.78 Å². The molecule has 2 atom stereocenters. The molecule has 1 aliphatic heterocycles. The first-order valence-electron chi connectivity index (χ1n) is 6.68. The van der Waals surface area contributed by atoms with Gasteiger partial charge in [-0.15, -0.1) is 0 Å². The van der Waals surface area contributed by atoms with Crippen molar-refractivity contribution < 1.29 is 9.53 Å². The Bertz CT molecular complexity index is 410. The molecule has 5 nitrogen and oxygen atoms in total.